The molecule has 0 saturated carbocycles. The van der Waals surface area contributed by atoms with Crippen molar-refractivity contribution in [1.29, 1.82) is 0 Å². The number of hydrogen-bond donors (Lipinski definition) is 0. The summed E-state index contributed by atoms with van der Waals surface area (Å²) < 4.78 is 76.7. The van der Waals surface area contributed by atoms with Gasteiger partial charge in [-0.1, -0.05) is 47.8 Å². The lowest BCUT2D eigenvalue weighted by atomic mass is 9.97. The molecule has 0 heterocycles. The number of rotatable bonds is 2. The van der Waals surface area contributed by atoms with E-state index in [2.05, 4.69) is 47.8 Å². The molecule has 0 amide bonds. The summed E-state index contributed by atoms with van der Waals surface area (Å²) in [6, 6.07) is 2.70. The van der Waals surface area contributed by atoms with Gasteiger partial charge in [0.05, 0.1) is 4.83 Å². The third kappa shape index (κ3) is 4.13. The Balaban J connectivity index is 3.34. The van der Waals surface area contributed by atoms with E-state index in [-0.39, 0.29) is 10.0 Å². The van der Waals surface area contributed by atoms with E-state index in [0.717, 1.165) is 0 Å². The molecule has 1 aromatic carbocycles. The maximum atomic E-state index is 12.7. The number of halogens is 9. The lowest BCUT2D eigenvalue weighted by Gasteiger charge is -2.28. The van der Waals surface area contributed by atoms with Crippen LogP contribution < -0.4 is 0 Å². The van der Waals surface area contributed by atoms with Crippen LogP contribution in [0.3, 0.4) is 0 Å². The van der Waals surface area contributed by atoms with Gasteiger partial charge in [-0.05, 0) is 30.2 Å². The minimum atomic E-state index is -5.40. The van der Waals surface area contributed by atoms with E-state index >= 15 is 0 Å². The summed E-state index contributed by atoms with van der Waals surface area (Å²) in [5.41, 5.74) is 0.568. The molecule has 9 heteroatoms. The fourth-order valence-electron chi connectivity index (χ4n) is 1.57. The molecule has 114 valence electrons. The van der Waals surface area contributed by atoms with Crippen LogP contribution in [0.15, 0.2) is 21.1 Å². The first-order valence-electron chi connectivity index (χ1n) is 5.08. The van der Waals surface area contributed by atoms with Crippen LogP contribution in [-0.4, -0.2) is 12.4 Å². The van der Waals surface area contributed by atoms with Crippen LogP contribution in [0.1, 0.15) is 16.0 Å². The Morgan fingerprint density at radius 1 is 0.900 bits per heavy atom. The topological polar surface area (TPSA) is 0 Å². The first-order chi connectivity index (χ1) is 8.85. The van der Waals surface area contributed by atoms with Crippen LogP contribution in [0, 0.1) is 12.8 Å². The van der Waals surface area contributed by atoms with Gasteiger partial charge in [0.1, 0.15) is 0 Å². The van der Waals surface area contributed by atoms with Crippen LogP contribution in [0.5, 0.6) is 0 Å². The van der Waals surface area contributed by atoms with Gasteiger partial charge in [-0.15, -0.1) is 0 Å². The Labute approximate surface area is 136 Å². The minimum Gasteiger partial charge on any atom is -0.170 e. The summed E-state index contributed by atoms with van der Waals surface area (Å²) >= 11 is 8.64. The quantitative estimate of drug-likeness (QED) is 0.318. The van der Waals surface area contributed by atoms with Crippen molar-refractivity contribution < 1.29 is 26.3 Å². The molecule has 0 spiro atoms. The second kappa shape index (κ2) is 6.16. The highest BCUT2D eigenvalue weighted by Crippen LogP contribution is 2.51. The molecule has 0 bridgehead atoms. The maximum absolute atomic E-state index is 12.7. The van der Waals surface area contributed by atoms with Crippen molar-refractivity contribution in [2.45, 2.75) is 24.1 Å². The van der Waals surface area contributed by atoms with E-state index in [1.807, 2.05) is 0 Å². The number of hydrogen-bond acceptors (Lipinski definition) is 0. The highest BCUT2D eigenvalue weighted by Gasteiger charge is 2.60. The van der Waals surface area contributed by atoms with E-state index in [1.165, 1.54) is 12.1 Å². The van der Waals surface area contributed by atoms with E-state index in [1.54, 1.807) is 6.92 Å². The largest absolute Gasteiger partial charge is 0.401 e. The Morgan fingerprint density at radius 3 is 1.75 bits per heavy atom. The van der Waals surface area contributed by atoms with Crippen LogP contribution in [0.25, 0.3) is 0 Å². The van der Waals surface area contributed by atoms with Gasteiger partial charge >= 0.3 is 12.4 Å². The highest BCUT2D eigenvalue weighted by atomic mass is 79.9. The summed E-state index contributed by atoms with van der Waals surface area (Å²) in [5.74, 6) is -3.49. The van der Waals surface area contributed by atoms with Crippen molar-refractivity contribution >= 4 is 47.8 Å². The molecule has 0 nitrogen and oxygen atoms in total. The molecular weight excluding hydrogens is 486 g/mol. The van der Waals surface area contributed by atoms with Gasteiger partial charge < -0.3 is 0 Å². The van der Waals surface area contributed by atoms with Gasteiger partial charge in [-0.3, -0.25) is 0 Å². The molecule has 0 aliphatic heterocycles. The first-order valence-corrected chi connectivity index (χ1v) is 7.59. The zero-order valence-corrected chi connectivity index (χ0v) is 14.5. The van der Waals surface area contributed by atoms with E-state index in [4.69, 9.17) is 0 Å². The maximum Gasteiger partial charge on any atom is 0.401 e. The van der Waals surface area contributed by atoms with Crippen molar-refractivity contribution in [3.63, 3.8) is 0 Å². The normalized spacial score (nSPS) is 14.8. The Morgan fingerprint density at radius 2 is 1.35 bits per heavy atom. The van der Waals surface area contributed by atoms with Crippen molar-refractivity contribution in [2.24, 2.45) is 5.92 Å². The molecule has 1 rings (SSSR count). The van der Waals surface area contributed by atoms with Gasteiger partial charge in [-0.2, -0.15) is 26.3 Å². The SMILES string of the molecule is Cc1cc(Br)c(C(Br)C(C(F)(F)F)C(F)(F)F)cc1Br. The standard InChI is InChI=1S/C11H7Br3F6/c1-4-2-7(13)5(3-6(4)12)8(14)9(10(15,16)17)11(18,19)20/h2-3,8-9H,1H3. The average molecular weight is 493 g/mol. The lowest BCUT2D eigenvalue weighted by molar-refractivity contribution is -0.283. The van der Waals surface area contributed by atoms with Crippen molar-refractivity contribution in [3.05, 3.63) is 32.2 Å². The van der Waals surface area contributed by atoms with Gasteiger partial charge in [-0.25, -0.2) is 0 Å². The van der Waals surface area contributed by atoms with Crippen LogP contribution >= 0.6 is 47.8 Å². The third-order valence-electron chi connectivity index (χ3n) is 2.57. The summed E-state index contributed by atoms with van der Waals surface area (Å²) in [7, 11) is 0. The molecule has 0 radical (unpaired) electrons. The Hall–Kier alpha value is 0.240. The molecule has 1 unspecified atom stereocenters. The Bertz CT molecular complexity index is 480. The summed E-state index contributed by atoms with van der Waals surface area (Å²) in [4.78, 5) is -1.94. The third-order valence-corrected chi connectivity index (χ3v) is 5.14. The molecule has 20 heavy (non-hydrogen) atoms. The van der Waals surface area contributed by atoms with Gasteiger partial charge in [0.2, 0.25) is 0 Å². The van der Waals surface area contributed by atoms with Gasteiger partial charge in [0.25, 0.3) is 0 Å². The van der Waals surface area contributed by atoms with Gasteiger partial charge in [0, 0.05) is 8.95 Å². The zero-order valence-electron chi connectivity index (χ0n) is 9.71. The number of aryl methyl sites for hydroxylation is 1. The number of alkyl halides is 7. The predicted octanol–water partition coefficient (Wildman–Crippen LogP) is 6.70. The fraction of sp³-hybridized carbons (Fsp3) is 0.455. The molecule has 1 aromatic rings. The van der Waals surface area contributed by atoms with E-state index in [0.29, 0.717) is 10.0 Å². The van der Waals surface area contributed by atoms with Gasteiger partial charge in [0.15, 0.2) is 5.92 Å². The minimum absolute atomic E-state index is 0.123. The zero-order chi connectivity index (χ0) is 15.9. The smallest absolute Gasteiger partial charge is 0.170 e. The molecule has 0 aliphatic rings. The Kier molecular flexibility index (Phi) is 5.63. The van der Waals surface area contributed by atoms with Crippen LogP contribution in [0.4, 0.5) is 26.3 Å². The van der Waals surface area contributed by atoms with E-state index in [9.17, 15) is 26.3 Å². The molecule has 1 atom stereocenters. The second-order valence-corrected chi connectivity index (χ2v) is 6.78. The molecule has 0 saturated heterocycles. The summed E-state index contributed by atoms with van der Waals surface area (Å²) in [5, 5.41) is 0. The lowest BCUT2D eigenvalue weighted by Crippen LogP contribution is -2.39. The summed E-state index contributed by atoms with van der Waals surface area (Å²) in [6.45, 7) is 1.67. The molecule has 0 N–H and O–H groups in total. The monoisotopic (exact) mass is 490 g/mol. The van der Waals surface area contributed by atoms with E-state index < -0.39 is 23.1 Å². The summed E-state index contributed by atoms with van der Waals surface area (Å²) in [6.07, 6.45) is -10.8. The highest BCUT2D eigenvalue weighted by molar-refractivity contribution is 9.11. The molecule has 0 aromatic heterocycles. The van der Waals surface area contributed by atoms with Crippen molar-refractivity contribution in [1.82, 2.24) is 0 Å². The first kappa shape index (κ1) is 18.3. The second-order valence-electron chi connectivity index (χ2n) is 4.09. The van der Waals surface area contributed by atoms with Crippen LogP contribution in [0.2, 0.25) is 0 Å². The van der Waals surface area contributed by atoms with Crippen molar-refractivity contribution in [3.8, 4) is 0 Å². The molecular formula is C11H7Br3F6. The molecule has 0 fully saturated rings. The van der Waals surface area contributed by atoms with Crippen LogP contribution in [-0.2, 0) is 0 Å². The predicted molar refractivity (Wildman–Crippen MR) is 73.8 cm³/mol. The van der Waals surface area contributed by atoms with Crippen molar-refractivity contribution in [2.75, 3.05) is 0 Å². The molecule has 0 aliphatic carbocycles. The number of benzene rings is 1. The fourth-order valence-corrected chi connectivity index (χ4v) is 3.92. The average Bonchev–Trinajstić information content (AvgIpc) is 2.18.